The summed E-state index contributed by atoms with van der Waals surface area (Å²) in [6, 6.07) is 0.000469. The van der Waals surface area contributed by atoms with E-state index in [0.717, 1.165) is 5.56 Å². The maximum Gasteiger partial charge on any atom is 0.224 e. The topological polar surface area (TPSA) is 59.0 Å². The highest BCUT2D eigenvalue weighted by molar-refractivity contribution is 5.85. The first-order chi connectivity index (χ1) is 7.54. The smallest absolute Gasteiger partial charge is 0.224 e. The molecule has 6 heteroatoms. The lowest BCUT2D eigenvalue weighted by Crippen LogP contribution is -2.35. The molecular weight excluding hydrogens is 240 g/mol. The Kier molecular flexibility index (Phi) is 6.83. The molecule has 1 rings (SSSR count). The summed E-state index contributed by atoms with van der Waals surface area (Å²) in [7, 11) is 3.70. The van der Waals surface area contributed by atoms with Gasteiger partial charge in [0.15, 0.2) is 0 Å². The lowest BCUT2D eigenvalue weighted by molar-refractivity contribution is -0.125. The van der Waals surface area contributed by atoms with Crippen molar-refractivity contribution in [1.82, 2.24) is 20.4 Å². The monoisotopic (exact) mass is 260 g/mol. The van der Waals surface area contributed by atoms with Crippen LogP contribution in [0.1, 0.15) is 25.5 Å². The third-order valence-corrected chi connectivity index (χ3v) is 2.54. The summed E-state index contributed by atoms with van der Waals surface area (Å²) < 4.78 is 1.73. The van der Waals surface area contributed by atoms with Crippen LogP contribution in [0, 0.1) is 5.92 Å². The summed E-state index contributed by atoms with van der Waals surface area (Å²) >= 11 is 0. The maximum absolute atomic E-state index is 11.7. The first-order valence-corrected chi connectivity index (χ1v) is 5.48. The van der Waals surface area contributed by atoms with Crippen molar-refractivity contribution < 1.29 is 4.79 Å². The average Bonchev–Trinajstić information content (AvgIpc) is 2.65. The van der Waals surface area contributed by atoms with Gasteiger partial charge in [0.25, 0.3) is 0 Å². The molecule has 98 valence electrons. The number of carbonyl (C=O) groups excluding carboxylic acids is 1. The van der Waals surface area contributed by atoms with E-state index in [1.54, 1.807) is 10.9 Å². The number of aryl methyl sites for hydroxylation is 1. The number of nitrogens with one attached hydrogen (secondary N) is 2. The van der Waals surface area contributed by atoms with Gasteiger partial charge in [-0.1, -0.05) is 6.92 Å². The number of carbonyl (C=O) groups is 1. The Morgan fingerprint density at radius 1 is 1.53 bits per heavy atom. The summed E-state index contributed by atoms with van der Waals surface area (Å²) in [5.41, 5.74) is 1.02. The summed E-state index contributed by atoms with van der Waals surface area (Å²) in [6.07, 6.45) is 3.68. The second-order valence-electron chi connectivity index (χ2n) is 4.14. The summed E-state index contributed by atoms with van der Waals surface area (Å²) in [4.78, 5) is 11.7. The van der Waals surface area contributed by atoms with Crippen LogP contribution in [-0.2, 0) is 11.8 Å². The van der Waals surface area contributed by atoms with Crippen molar-refractivity contribution in [2.75, 3.05) is 13.6 Å². The van der Waals surface area contributed by atoms with Gasteiger partial charge in [0.1, 0.15) is 0 Å². The van der Waals surface area contributed by atoms with Crippen molar-refractivity contribution in [3.8, 4) is 0 Å². The fourth-order valence-electron chi connectivity index (χ4n) is 1.50. The standard InChI is InChI=1S/C11H20N4O.ClH/c1-8(5-12-3)11(16)14-9(2)10-6-13-15(4)7-10;/h6-9,12H,5H2,1-4H3,(H,14,16);1H. The Balaban J connectivity index is 0.00000256. The van der Waals surface area contributed by atoms with E-state index in [1.165, 1.54) is 0 Å². The number of aromatic nitrogens is 2. The molecular formula is C11H21ClN4O. The second-order valence-corrected chi connectivity index (χ2v) is 4.14. The minimum absolute atomic E-state index is 0. The van der Waals surface area contributed by atoms with Gasteiger partial charge in [0.05, 0.1) is 12.2 Å². The summed E-state index contributed by atoms with van der Waals surface area (Å²) in [5, 5.41) is 10.0. The Bertz CT molecular complexity index is 353. The van der Waals surface area contributed by atoms with Crippen LogP contribution in [0.25, 0.3) is 0 Å². The third-order valence-electron chi connectivity index (χ3n) is 2.54. The molecule has 2 N–H and O–H groups in total. The summed E-state index contributed by atoms with van der Waals surface area (Å²) in [6.45, 7) is 4.55. The molecule has 0 fully saturated rings. The summed E-state index contributed by atoms with van der Waals surface area (Å²) in [5.74, 6) is 0.0369. The van der Waals surface area contributed by atoms with E-state index in [9.17, 15) is 4.79 Å². The van der Waals surface area contributed by atoms with Gasteiger partial charge < -0.3 is 10.6 Å². The number of halogens is 1. The van der Waals surface area contributed by atoms with E-state index in [-0.39, 0.29) is 30.3 Å². The SMILES string of the molecule is CNCC(C)C(=O)NC(C)c1cnn(C)c1.Cl. The molecule has 17 heavy (non-hydrogen) atoms. The Labute approximate surface area is 108 Å². The zero-order valence-electron chi connectivity index (χ0n) is 10.7. The van der Waals surface area contributed by atoms with Crippen molar-refractivity contribution in [3.05, 3.63) is 18.0 Å². The van der Waals surface area contributed by atoms with Crippen molar-refractivity contribution >= 4 is 18.3 Å². The van der Waals surface area contributed by atoms with Crippen molar-refractivity contribution in [2.24, 2.45) is 13.0 Å². The first kappa shape index (κ1) is 15.9. The van der Waals surface area contributed by atoms with Gasteiger partial charge in [-0.25, -0.2) is 0 Å². The van der Waals surface area contributed by atoms with Crippen LogP contribution in [0.3, 0.4) is 0 Å². The van der Waals surface area contributed by atoms with E-state index in [2.05, 4.69) is 15.7 Å². The predicted molar refractivity (Wildman–Crippen MR) is 70.1 cm³/mol. The van der Waals surface area contributed by atoms with Crippen LogP contribution in [-0.4, -0.2) is 29.3 Å². The molecule has 0 saturated carbocycles. The third kappa shape index (κ3) is 4.75. The normalized spacial score (nSPS) is 13.6. The number of hydrogen-bond donors (Lipinski definition) is 2. The van der Waals surface area contributed by atoms with E-state index in [4.69, 9.17) is 0 Å². The lowest BCUT2D eigenvalue weighted by Gasteiger charge is -2.16. The Morgan fingerprint density at radius 2 is 2.18 bits per heavy atom. The molecule has 2 unspecified atom stereocenters. The number of amides is 1. The molecule has 0 aliphatic rings. The minimum Gasteiger partial charge on any atom is -0.349 e. The van der Waals surface area contributed by atoms with E-state index < -0.39 is 0 Å². The number of nitrogens with zero attached hydrogens (tertiary/aromatic N) is 2. The fourth-order valence-corrected chi connectivity index (χ4v) is 1.50. The molecule has 0 aromatic carbocycles. The van der Waals surface area contributed by atoms with Crippen molar-refractivity contribution in [1.29, 1.82) is 0 Å². The molecule has 0 saturated heterocycles. The predicted octanol–water partition coefficient (Wildman–Crippen LogP) is 0.875. The zero-order chi connectivity index (χ0) is 12.1. The maximum atomic E-state index is 11.7. The highest BCUT2D eigenvalue weighted by Gasteiger charge is 2.15. The van der Waals surface area contributed by atoms with E-state index >= 15 is 0 Å². The van der Waals surface area contributed by atoms with E-state index in [0.29, 0.717) is 6.54 Å². The van der Waals surface area contributed by atoms with Gasteiger partial charge in [0.2, 0.25) is 5.91 Å². The molecule has 0 aliphatic heterocycles. The molecule has 0 radical (unpaired) electrons. The molecule has 1 heterocycles. The van der Waals surface area contributed by atoms with Crippen molar-refractivity contribution in [3.63, 3.8) is 0 Å². The largest absolute Gasteiger partial charge is 0.349 e. The minimum atomic E-state index is -0.0240. The van der Waals surface area contributed by atoms with Gasteiger partial charge in [0, 0.05) is 31.3 Å². The molecule has 1 aromatic heterocycles. The fraction of sp³-hybridized carbons (Fsp3) is 0.636. The zero-order valence-corrected chi connectivity index (χ0v) is 11.5. The average molecular weight is 261 g/mol. The molecule has 1 aromatic rings. The van der Waals surface area contributed by atoms with Gasteiger partial charge in [-0.3, -0.25) is 9.48 Å². The molecule has 2 atom stereocenters. The Hall–Kier alpha value is -1.07. The van der Waals surface area contributed by atoms with Crippen LogP contribution < -0.4 is 10.6 Å². The molecule has 0 aliphatic carbocycles. The van der Waals surface area contributed by atoms with E-state index in [1.807, 2.05) is 34.1 Å². The molecule has 5 nitrogen and oxygen atoms in total. The molecule has 0 bridgehead atoms. The van der Waals surface area contributed by atoms with Crippen LogP contribution in [0.2, 0.25) is 0 Å². The quantitative estimate of drug-likeness (QED) is 0.826. The number of hydrogen-bond acceptors (Lipinski definition) is 3. The highest BCUT2D eigenvalue weighted by Crippen LogP contribution is 2.11. The van der Waals surface area contributed by atoms with Crippen molar-refractivity contribution in [2.45, 2.75) is 19.9 Å². The Morgan fingerprint density at radius 3 is 2.65 bits per heavy atom. The van der Waals surface area contributed by atoms with Crippen LogP contribution in [0.15, 0.2) is 12.4 Å². The van der Waals surface area contributed by atoms with Gasteiger partial charge in [-0.05, 0) is 14.0 Å². The van der Waals surface area contributed by atoms with Gasteiger partial charge in [-0.15, -0.1) is 12.4 Å². The van der Waals surface area contributed by atoms with Crippen LogP contribution in [0.5, 0.6) is 0 Å². The molecule has 1 amide bonds. The van der Waals surface area contributed by atoms with Crippen LogP contribution >= 0.6 is 12.4 Å². The first-order valence-electron chi connectivity index (χ1n) is 5.48. The lowest BCUT2D eigenvalue weighted by atomic mass is 10.1. The second kappa shape index (κ2) is 7.29. The highest BCUT2D eigenvalue weighted by atomic mass is 35.5. The van der Waals surface area contributed by atoms with Gasteiger partial charge in [-0.2, -0.15) is 5.10 Å². The molecule has 0 spiro atoms. The van der Waals surface area contributed by atoms with Crippen LogP contribution in [0.4, 0.5) is 0 Å². The van der Waals surface area contributed by atoms with Gasteiger partial charge >= 0.3 is 0 Å². The number of rotatable bonds is 5.